The molecule has 0 saturated carbocycles. The van der Waals surface area contributed by atoms with Crippen LogP contribution < -0.4 is 5.32 Å². The van der Waals surface area contributed by atoms with Crippen LogP contribution in [0.1, 0.15) is 40.8 Å². The van der Waals surface area contributed by atoms with Crippen molar-refractivity contribution in [3.8, 4) is 0 Å². The predicted octanol–water partition coefficient (Wildman–Crippen LogP) is 5.14. The summed E-state index contributed by atoms with van der Waals surface area (Å²) in [6.07, 6.45) is 1.78. The van der Waals surface area contributed by atoms with Crippen LogP contribution in [0.2, 0.25) is 5.15 Å². The highest BCUT2D eigenvalue weighted by Crippen LogP contribution is 2.26. The van der Waals surface area contributed by atoms with Gasteiger partial charge in [-0.05, 0) is 68.5 Å². The summed E-state index contributed by atoms with van der Waals surface area (Å²) in [7, 11) is 0. The molecule has 0 spiro atoms. The predicted molar refractivity (Wildman–Crippen MR) is 86.7 cm³/mol. The summed E-state index contributed by atoms with van der Waals surface area (Å²) in [6, 6.07) is 6.77. The van der Waals surface area contributed by atoms with Gasteiger partial charge >= 0.3 is 0 Å². The summed E-state index contributed by atoms with van der Waals surface area (Å²) >= 11 is 5.96. The molecular formula is C17H21ClN2. The lowest BCUT2D eigenvalue weighted by atomic mass is 9.96. The van der Waals surface area contributed by atoms with Crippen molar-refractivity contribution >= 4 is 17.3 Å². The lowest BCUT2D eigenvalue weighted by Gasteiger charge is -2.19. The number of nitrogens with one attached hydrogen (secondary N) is 1. The summed E-state index contributed by atoms with van der Waals surface area (Å²) in [5.41, 5.74) is 7.28. The van der Waals surface area contributed by atoms with Crippen molar-refractivity contribution in [2.75, 3.05) is 5.32 Å². The minimum Gasteiger partial charge on any atom is -0.377 e. The highest BCUT2D eigenvalue weighted by molar-refractivity contribution is 6.30. The molecule has 2 rings (SSSR count). The van der Waals surface area contributed by atoms with Crippen LogP contribution in [0.5, 0.6) is 0 Å². The van der Waals surface area contributed by atoms with Crippen molar-refractivity contribution < 1.29 is 0 Å². The van der Waals surface area contributed by atoms with E-state index < -0.39 is 0 Å². The lowest BCUT2D eigenvalue weighted by Crippen LogP contribution is -2.09. The number of hydrogen-bond donors (Lipinski definition) is 1. The molecule has 1 atom stereocenters. The van der Waals surface area contributed by atoms with Crippen LogP contribution in [-0.4, -0.2) is 4.98 Å². The maximum absolute atomic E-state index is 5.96. The first-order valence-electron chi connectivity index (χ1n) is 6.85. The van der Waals surface area contributed by atoms with Gasteiger partial charge in [-0.1, -0.05) is 23.7 Å². The van der Waals surface area contributed by atoms with E-state index >= 15 is 0 Å². The van der Waals surface area contributed by atoms with Gasteiger partial charge in [0, 0.05) is 6.04 Å². The van der Waals surface area contributed by atoms with Crippen LogP contribution in [0.25, 0.3) is 0 Å². The maximum Gasteiger partial charge on any atom is 0.132 e. The van der Waals surface area contributed by atoms with E-state index in [1.165, 1.54) is 22.3 Å². The van der Waals surface area contributed by atoms with Gasteiger partial charge < -0.3 is 5.32 Å². The van der Waals surface area contributed by atoms with Crippen LogP contribution in [-0.2, 0) is 0 Å². The van der Waals surface area contributed by atoms with E-state index in [2.05, 4.69) is 50.1 Å². The van der Waals surface area contributed by atoms with E-state index in [-0.39, 0.29) is 6.04 Å². The van der Waals surface area contributed by atoms with Gasteiger partial charge in [-0.15, -0.1) is 0 Å². The third kappa shape index (κ3) is 3.13. The van der Waals surface area contributed by atoms with Crippen LogP contribution in [0.4, 0.5) is 5.69 Å². The van der Waals surface area contributed by atoms with Crippen molar-refractivity contribution in [3.63, 3.8) is 0 Å². The van der Waals surface area contributed by atoms with Crippen LogP contribution >= 0.6 is 11.6 Å². The molecule has 2 nitrogen and oxygen atoms in total. The van der Waals surface area contributed by atoms with E-state index in [9.17, 15) is 0 Å². The number of pyridine rings is 1. The van der Waals surface area contributed by atoms with Crippen molar-refractivity contribution in [2.24, 2.45) is 0 Å². The molecule has 0 aliphatic rings. The highest BCUT2D eigenvalue weighted by atomic mass is 35.5. The summed E-state index contributed by atoms with van der Waals surface area (Å²) in [6.45, 7) is 10.6. The van der Waals surface area contributed by atoms with Gasteiger partial charge in [-0.2, -0.15) is 0 Å². The van der Waals surface area contributed by atoms with Crippen LogP contribution in [0.3, 0.4) is 0 Å². The smallest absolute Gasteiger partial charge is 0.132 e. The molecule has 0 radical (unpaired) electrons. The van der Waals surface area contributed by atoms with Crippen molar-refractivity contribution in [1.29, 1.82) is 0 Å². The molecular weight excluding hydrogens is 268 g/mol. The zero-order valence-corrected chi connectivity index (χ0v) is 13.5. The first-order chi connectivity index (χ1) is 9.38. The SMILES string of the molecule is Cc1cc(C)c(C(C)Nc2cnc(Cl)c(C)c2)cc1C. The Morgan fingerprint density at radius 3 is 2.25 bits per heavy atom. The fourth-order valence-electron chi connectivity index (χ4n) is 2.41. The largest absolute Gasteiger partial charge is 0.377 e. The summed E-state index contributed by atoms with van der Waals surface area (Å²) in [4.78, 5) is 4.18. The standard InChI is InChI=1S/C17H21ClN2/c1-10-6-12(3)16(8-11(10)2)14(5)20-15-7-13(4)17(18)19-9-15/h6-9,14,20H,1-5H3. The fraction of sp³-hybridized carbons (Fsp3) is 0.353. The molecule has 1 unspecified atom stereocenters. The Bertz CT molecular complexity index is 635. The van der Waals surface area contributed by atoms with Crippen LogP contribution in [0, 0.1) is 27.7 Å². The number of aromatic nitrogens is 1. The second-order valence-electron chi connectivity index (χ2n) is 5.49. The lowest BCUT2D eigenvalue weighted by molar-refractivity contribution is 0.868. The molecule has 0 amide bonds. The normalized spacial score (nSPS) is 12.3. The minimum atomic E-state index is 0.233. The van der Waals surface area contributed by atoms with E-state index in [4.69, 9.17) is 11.6 Å². The Morgan fingerprint density at radius 2 is 1.60 bits per heavy atom. The van der Waals surface area contributed by atoms with Gasteiger partial charge in [-0.25, -0.2) is 4.98 Å². The molecule has 1 heterocycles. The molecule has 3 heteroatoms. The summed E-state index contributed by atoms with van der Waals surface area (Å²) < 4.78 is 0. The number of benzene rings is 1. The van der Waals surface area contributed by atoms with Gasteiger partial charge in [0.15, 0.2) is 0 Å². The molecule has 0 saturated heterocycles. The molecule has 0 aliphatic carbocycles. The third-order valence-corrected chi connectivity index (χ3v) is 4.14. The molecule has 1 aromatic carbocycles. The molecule has 20 heavy (non-hydrogen) atoms. The number of nitrogens with zero attached hydrogens (tertiary/aromatic N) is 1. The number of hydrogen-bond acceptors (Lipinski definition) is 2. The minimum absolute atomic E-state index is 0.233. The highest BCUT2D eigenvalue weighted by Gasteiger charge is 2.10. The van der Waals surface area contributed by atoms with Gasteiger partial charge in [0.25, 0.3) is 0 Å². The first-order valence-corrected chi connectivity index (χ1v) is 7.22. The zero-order chi connectivity index (χ0) is 14.9. The molecule has 2 aromatic rings. The Hall–Kier alpha value is -1.54. The van der Waals surface area contributed by atoms with Gasteiger partial charge in [-0.3, -0.25) is 0 Å². The molecule has 0 fully saturated rings. The molecule has 0 aliphatic heterocycles. The maximum atomic E-state index is 5.96. The third-order valence-electron chi connectivity index (χ3n) is 3.75. The number of aryl methyl sites for hydroxylation is 4. The zero-order valence-electron chi connectivity index (χ0n) is 12.7. The first kappa shape index (κ1) is 14.9. The van der Waals surface area contributed by atoms with E-state index in [1.54, 1.807) is 6.20 Å². The average molecular weight is 289 g/mol. The van der Waals surface area contributed by atoms with Gasteiger partial charge in [0.2, 0.25) is 0 Å². The van der Waals surface area contributed by atoms with E-state index in [1.807, 2.05) is 13.0 Å². The van der Waals surface area contributed by atoms with E-state index in [0.29, 0.717) is 5.15 Å². The Morgan fingerprint density at radius 1 is 0.950 bits per heavy atom. The van der Waals surface area contributed by atoms with Gasteiger partial charge in [0.1, 0.15) is 5.15 Å². The Labute approximate surface area is 126 Å². The second kappa shape index (κ2) is 5.84. The Kier molecular flexibility index (Phi) is 4.34. The number of halogens is 1. The fourth-order valence-corrected chi connectivity index (χ4v) is 2.52. The van der Waals surface area contributed by atoms with Gasteiger partial charge in [0.05, 0.1) is 11.9 Å². The second-order valence-corrected chi connectivity index (χ2v) is 5.85. The summed E-state index contributed by atoms with van der Waals surface area (Å²) in [5, 5.41) is 4.05. The van der Waals surface area contributed by atoms with E-state index in [0.717, 1.165) is 11.3 Å². The van der Waals surface area contributed by atoms with Crippen molar-refractivity contribution in [1.82, 2.24) is 4.98 Å². The summed E-state index contributed by atoms with van der Waals surface area (Å²) in [5.74, 6) is 0. The Balaban J connectivity index is 2.25. The van der Waals surface area contributed by atoms with Crippen molar-refractivity contribution in [2.45, 2.75) is 40.7 Å². The molecule has 1 N–H and O–H groups in total. The topological polar surface area (TPSA) is 24.9 Å². The van der Waals surface area contributed by atoms with Crippen molar-refractivity contribution in [3.05, 3.63) is 57.4 Å². The molecule has 0 bridgehead atoms. The number of anilines is 1. The quantitative estimate of drug-likeness (QED) is 0.791. The molecule has 106 valence electrons. The average Bonchev–Trinajstić information content (AvgIpc) is 2.38. The molecule has 1 aromatic heterocycles. The number of rotatable bonds is 3. The monoisotopic (exact) mass is 288 g/mol. The van der Waals surface area contributed by atoms with Crippen LogP contribution in [0.15, 0.2) is 24.4 Å².